The third-order valence-corrected chi connectivity index (χ3v) is 2.38. The Morgan fingerprint density at radius 1 is 1.50 bits per heavy atom. The lowest BCUT2D eigenvalue weighted by molar-refractivity contribution is 0.0568. The van der Waals surface area contributed by atoms with Crippen molar-refractivity contribution in [3.63, 3.8) is 0 Å². The molecule has 2 heteroatoms. The van der Waals surface area contributed by atoms with Gasteiger partial charge in [0.2, 0.25) is 0 Å². The number of hydrogen-bond donors (Lipinski definition) is 1. The summed E-state index contributed by atoms with van der Waals surface area (Å²) in [6.07, 6.45) is 4.37. The van der Waals surface area contributed by atoms with Crippen molar-refractivity contribution in [3.05, 3.63) is 0 Å². The molecule has 0 radical (unpaired) electrons. The maximum Gasteiger partial charge on any atom is 0.151 e. The van der Waals surface area contributed by atoms with Crippen LogP contribution in [0, 0.1) is 17.2 Å². The highest BCUT2D eigenvalue weighted by molar-refractivity contribution is 5.02. The van der Waals surface area contributed by atoms with Crippen molar-refractivity contribution < 1.29 is 5.11 Å². The molecule has 1 atom stereocenters. The summed E-state index contributed by atoms with van der Waals surface area (Å²) in [6.45, 7) is 1.61. The highest BCUT2D eigenvalue weighted by Crippen LogP contribution is 2.33. The Balaban J connectivity index is 2.56. The fraction of sp³-hybridized carbons (Fsp3) is 0.875. The molecule has 1 N–H and O–H groups in total. The molecule has 2 nitrogen and oxygen atoms in total. The molecule has 0 saturated heterocycles. The second-order valence-corrected chi connectivity index (χ2v) is 3.24. The number of nitriles is 1. The van der Waals surface area contributed by atoms with Crippen molar-refractivity contribution in [1.82, 2.24) is 0 Å². The molecule has 1 fully saturated rings. The molecule has 1 rings (SSSR count). The van der Waals surface area contributed by atoms with Gasteiger partial charge in [-0.3, -0.25) is 0 Å². The highest BCUT2D eigenvalue weighted by Gasteiger charge is 2.33. The molecule has 1 saturated carbocycles. The van der Waals surface area contributed by atoms with Gasteiger partial charge in [-0.15, -0.1) is 0 Å². The van der Waals surface area contributed by atoms with E-state index in [1.807, 2.05) is 6.07 Å². The van der Waals surface area contributed by atoms with Crippen molar-refractivity contribution in [2.24, 2.45) is 5.92 Å². The lowest BCUT2D eigenvalue weighted by atomic mass is 9.89. The van der Waals surface area contributed by atoms with Gasteiger partial charge >= 0.3 is 0 Å². The predicted octanol–water partition coefficient (Wildman–Crippen LogP) is 1.45. The summed E-state index contributed by atoms with van der Waals surface area (Å²) in [6, 6.07) is 1.94. The molecule has 0 aliphatic heterocycles. The number of rotatable bonds is 1. The first-order valence-corrected chi connectivity index (χ1v) is 3.80. The average molecular weight is 139 g/mol. The number of aliphatic hydroxyl groups is 1. The summed E-state index contributed by atoms with van der Waals surface area (Å²) in [4.78, 5) is 0. The van der Waals surface area contributed by atoms with Crippen molar-refractivity contribution in [2.75, 3.05) is 0 Å². The maximum absolute atomic E-state index is 9.46. The number of nitrogens with zero attached hydrogens (tertiary/aromatic N) is 1. The normalized spacial score (nSPS) is 25.7. The first kappa shape index (κ1) is 7.56. The molecule has 10 heavy (non-hydrogen) atoms. The molecular weight excluding hydrogens is 126 g/mol. The van der Waals surface area contributed by atoms with E-state index in [-0.39, 0.29) is 5.92 Å². The van der Waals surface area contributed by atoms with Crippen LogP contribution in [0.4, 0.5) is 0 Å². The zero-order valence-electron chi connectivity index (χ0n) is 6.30. The van der Waals surface area contributed by atoms with Gasteiger partial charge in [0, 0.05) is 5.92 Å². The van der Waals surface area contributed by atoms with Gasteiger partial charge in [-0.2, -0.15) is 5.26 Å². The molecular formula is C8H13NO. The maximum atomic E-state index is 9.46. The topological polar surface area (TPSA) is 44.0 Å². The van der Waals surface area contributed by atoms with Crippen LogP contribution >= 0.6 is 0 Å². The Bertz CT molecular complexity index is 151. The Kier molecular flexibility index (Phi) is 1.96. The first-order chi connectivity index (χ1) is 4.67. The first-order valence-electron chi connectivity index (χ1n) is 3.80. The minimum Gasteiger partial charge on any atom is -0.375 e. The SMILES string of the molecule is CC(O)(C#N)C1CCCC1. The van der Waals surface area contributed by atoms with Gasteiger partial charge in [-0.05, 0) is 19.8 Å². The van der Waals surface area contributed by atoms with Gasteiger partial charge in [0.1, 0.15) is 0 Å². The highest BCUT2D eigenvalue weighted by atomic mass is 16.3. The van der Waals surface area contributed by atoms with Gasteiger partial charge in [0.05, 0.1) is 6.07 Å². The minimum atomic E-state index is -1.07. The van der Waals surface area contributed by atoms with E-state index >= 15 is 0 Å². The van der Waals surface area contributed by atoms with Crippen LogP contribution < -0.4 is 0 Å². The summed E-state index contributed by atoms with van der Waals surface area (Å²) in [5.74, 6) is 0.220. The van der Waals surface area contributed by atoms with Crippen LogP contribution in [0.5, 0.6) is 0 Å². The van der Waals surface area contributed by atoms with E-state index in [9.17, 15) is 5.11 Å². The fourth-order valence-corrected chi connectivity index (χ4v) is 1.58. The Hall–Kier alpha value is -0.550. The van der Waals surface area contributed by atoms with Crippen molar-refractivity contribution in [2.45, 2.75) is 38.2 Å². The quantitative estimate of drug-likeness (QED) is 0.559. The van der Waals surface area contributed by atoms with E-state index in [2.05, 4.69) is 0 Å². The second-order valence-electron chi connectivity index (χ2n) is 3.24. The van der Waals surface area contributed by atoms with E-state index in [1.165, 1.54) is 12.8 Å². The second kappa shape index (κ2) is 2.59. The van der Waals surface area contributed by atoms with Crippen molar-refractivity contribution in [1.29, 1.82) is 5.26 Å². The van der Waals surface area contributed by atoms with E-state index in [0.29, 0.717) is 0 Å². The molecule has 1 aliphatic carbocycles. The Labute approximate surface area is 61.5 Å². The molecule has 0 heterocycles. The predicted molar refractivity (Wildman–Crippen MR) is 38.2 cm³/mol. The van der Waals surface area contributed by atoms with Gasteiger partial charge in [-0.25, -0.2) is 0 Å². The van der Waals surface area contributed by atoms with Crippen LogP contribution in [-0.4, -0.2) is 10.7 Å². The fourth-order valence-electron chi connectivity index (χ4n) is 1.58. The molecule has 56 valence electrons. The number of hydrogen-bond acceptors (Lipinski definition) is 2. The van der Waals surface area contributed by atoms with E-state index < -0.39 is 5.60 Å². The molecule has 0 bridgehead atoms. The van der Waals surface area contributed by atoms with Gasteiger partial charge < -0.3 is 5.11 Å². The molecule has 0 amide bonds. The summed E-state index contributed by atoms with van der Waals surface area (Å²) in [5.41, 5.74) is -1.07. The minimum absolute atomic E-state index is 0.220. The molecule has 0 aromatic rings. The summed E-state index contributed by atoms with van der Waals surface area (Å²) < 4.78 is 0. The third kappa shape index (κ3) is 1.30. The zero-order chi connectivity index (χ0) is 7.61. The van der Waals surface area contributed by atoms with Crippen LogP contribution in [0.2, 0.25) is 0 Å². The zero-order valence-corrected chi connectivity index (χ0v) is 6.30. The summed E-state index contributed by atoms with van der Waals surface area (Å²) in [7, 11) is 0. The van der Waals surface area contributed by atoms with E-state index in [0.717, 1.165) is 12.8 Å². The van der Waals surface area contributed by atoms with Crippen molar-refractivity contribution >= 4 is 0 Å². The third-order valence-electron chi connectivity index (χ3n) is 2.38. The van der Waals surface area contributed by atoms with E-state index in [1.54, 1.807) is 6.92 Å². The standard InChI is InChI=1S/C8H13NO/c1-8(10,6-9)7-4-2-3-5-7/h7,10H,2-5H2,1H3. The summed E-state index contributed by atoms with van der Waals surface area (Å²) >= 11 is 0. The molecule has 1 aliphatic rings. The largest absolute Gasteiger partial charge is 0.375 e. The monoisotopic (exact) mass is 139 g/mol. The van der Waals surface area contributed by atoms with Crippen LogP contribution in [-0.2, 0) is 0 Å². The van der Waals surface area contributed by atoms with Crippen LogP contribution in [0.25, 0.3) is 0 Å². The van der Waals surface area contributed by atoms with E-state index in [4.69, 9.17) is 5.26 Å². The smallest absolute Gasteiger partial charge is 0.151 e. The lowest BCUT2D eigenvalue weighted by Gasteiger charge is -2.21. The average Bonchev–Trinajstić information content (AvgIpc) is 2.38. The molecule has 0 spiro atoms. The van der Waals surface area contributed by atoms with Crippen LogP contribution in [0.1, 0.15) is 32.6 Å². The molecule has 0 aromatic carbocycles. The van der Waals surface area contributed by atoms with Gasteiger partial charge in [0.15, 0.2) is 5.60 Å². The lowest BCUT2D eigenvalue weighted by Crippen LogP contribution is -2.30. The van der Waals surface area contributed by atoms with Crippen LogP contribution in [0.15, 0.2) is 0 Å². The Morgan fingerprint density at radius 2 is 2.00 bits per heavy atom. The van der Waals surface area contributed by atoms with Crippen LogP contribution in [0.3, 0.4) is 0 Å². The van der Waals surface area contributed by atoms with Gasteiger partial charge in [-0.1, -0.05) is 12.8 Å². The summed E-state index contributed by atoms with van der Waals surface area (Å²) in [5, 5.41) is 18.0. The van der Waals surface area contributed by atoms with Crippen molar-refractivity contribution in [3.8, 4) is 6.07 Å². The Morgan fingerprint density at radius 3 is 2.40 bits per heavy atom. The van der Waals surface area contributed by atoms with Gasteiger partial charge in [0.25, 0.3) is 0 Å². The molecule has 0 aromatic heterocycles. The molecule has 1 unspecified atom stereocenters.